The highest BCUT2D eigenvalue weighted by Gasteiger charge is 2.45. The maximum absolute atomic E-state index is 13.1. The van der Waals surface area contributed by atoms with Gasteiger partial charge in [0.05, 0.1) is 24.8 Å². The number of hydrogen-bond acceptors (Lipinski definition) is 5. The minimum atomic E-state index is -1.16. The fourth-order valence-electron chi connectivity index (χ4n) is 3.24. The van der Waals surface area contributed by atoms with Crippen LogP contribution in [0.15, 0.2) is 46.9 Å². The summed E-state index contributed by atoms with van der Waals surface area (Å²) in [5.41, 5.74) is 3.89. The summed E-state index contributed by atoms with van der Waals surface area (Å²) >= 11 is 3.28. The van der Waals surface area contributed by atoms with Crippen molar-refractivity contribution in [3.63, 3.8) is 0 Å². The van der Waals surface area contributed by atoms with Crippen molar-refractivity contribution in [1.82, 2.24) is 10.4 Å². The first-order valence-corrected chi connectivity index (χ1v) is 9.90. The number of carbonyl (C=O) groups excluding carboxylic acids is 4. The Morgan fingerprint density at radius 1 is 1.20 bits per heavy atom. The number of rotatable bonds is 4. The van der Waals surface area contributed by atoms with Crippen LogP contribution in [0.4, 0.5) is 5.69 Å². The largest absolute Gasteiger partial charge is 0.495 e. The Balaban J connectivity index is 1.90. The zero-order valence-electron chi connectivity index (χ0n) is 16.6. The molecule has 1 saturated heterocycles. The predicted molar refractivity (Wildman–Crippen MR) is 113 cm³/mol. The summed E-state index contributed by atoms with van der Waals surface area (Å²) in [6.07, 6.45) is -0.258. The van der Waals surface area contributed by atoms with E-state index >= 15 is 0 Å². The molecule has 1 aliphatic heterocycles. The third-order valence-electron chi connectivity index (χ3n) is 4.69. The normalized spacial score (nSPS) is 15.9. The number of hydrogen-bond donors (Lipinski definition) is 1. The molecule has 1 unspecified atom stereocenters. The minimum absolute atomic E-state index is 0.258. The van der Waals surface area contributed by atoms with Gasteiger partial charge in [-0.05, 0) is 52.7 Å². The number of ether oxygens (including phenoxy) is 1. The second-order valence-corrected chi connectivity index (χ2v) is 7.63. The van der Waals surface area contributed by atoms with E-state index in [0.717, 1.165) is 15.5 Å². The van der Waals surface area contributed by atoms with Gasteiger partial charge in [-0.25, -0.2) is 9.91 Å². The number of anilines is 1. The molecular weight excluding hydrogens is 454 g/mol. The lowest BCUT2D eigenvalue weighted by molar-refractivity contribution is -0.139. The smallest absolute Gasteiger partial charge is 0.271 e. The average molecular weight is 474 g/mol. The van der Waals surface area contributed by atoms with Gasteiger partial charge in [-0.2, -0.15) is 0 Å². The predicted octanol–water partition coefficient (Wildman–Crippen LogP) is 2.59. The Bertz CT molecular complexity index is 1040. The molecule has 1 N–H and O–H groups in total. The van der Waals surface area contributed by atoms with Gasteiger partial charge in [0.1, 0.15) is 11.8 Å². The number of aryl methyl sites for hydroxylation is 1. The molecule has 0 aromatic heterocycles. The molecule has 0 saturated carbocycles. The van der Waals surface area contributed by atoms with Gasteiger partial charge in [0.25, 0.3) is 11.8 Å². The summed E-state index contributed by atoms with van der Waals surface area (Å²) in [4.78, 5) is 51.7. The molecule has 1 heterocycles. The van der Waals surface area contributed by atoms with Gasteiger partial charge in [-0.3, -0.25) is 24.6 Å². The highest BCUT2D eigenvalue weighted by molar-refractivity contribution is 9.10. The first-order valence-electron chi connectivity index (χ1n) is 9.11. The number of imide groups is 1. The van der Waals surface area contributed by atoms with Crippen LogP contribution in [0, 0.1) is 6.92 Å². The lowest BCUT2D eigenvalue weighted by Gasteiger charge is -2.27. The number of nitrogens with one attached hydrogen (secondary N) is 1. The van der Waals surface area contributed by atoms with E-state index in [1.807, 2.05) is 6.92 Å². The van der Waals surface area contributed by atoms with Crippen molar-refractivity contribution in [1.29, 1.82) is 0 Å². The Morgan fingerprint density at radius 2 is 1.90 bits per heavy atom. The number of amides is 4. The highest BCUT2D eigenvalue weighted by Crippen LogP contribution is 2.34. The SMILES string of the molecule is COc1ccc(C)cc1N1C(=O)CC(N(NC(=O)c2ccccc2Br)C(C)=O)C1=O. The molecule has 0 spiro atoms. The van der Waals surface area contributed by atoms with Crippen molar-refractivity contribution < 1.29 is 23.9 Å². The van der Waals surface area contributed by atoms with E-state index in [2.05, 4.69) is 21.4 Å². The summed E-state index contributed by atoms with van der Waals surface area (Å²) in [5.74, 6) is -1.90. The van der Waals surface area contributed by atoms with Crippen LogP contribution in [-0.4, -0.2) is 41.8 Å². The van der Waals surface area contributed by atoms with Gasteiger partial charge in [0, 0.05) is 11.4 Å². The van der Waals surface area contributed by atoms with Gasteiger partial charge in [-0.15, -0.1) is 0 Å². The summed E-state index contributed by atoms with van der Waals surface area (Å²) in [7, 11) is 1.44. The van der Waals surface area contributed by atoms with Crippen molar-refractivity contribution in [2.24, 2.45) is 0 Å². The molecule has 2 aromatic carbocycles. The van der Waals surface area contributed by atoms with Crippen LogP contribution in [0.5, 0.6) is 5.75 Å². The lowest BCUT2D eigenvalue weighted by atomic mass is 10.2. The van der Waals surface area contributed by atoms with E-state index in [-0.39, 0.29) is 12.0 Å². The summed E-state index contributed by atoms with van der Waals surface area (Å²) in [6, 6.07) is 10.6. The standard InChI is InChI=1S/C21H20BrN3O5/c1-12-8-9-18(30-3)16(10-12)24-19(27)11-17(21(24)29)25(13(2)26)23-20(28)14-6-4-5-7-15(14)22/h4-10,17H,11H2,1-3H3,(H,23,28). The van der Waals surface area contributed by atoms with Crippen molar-refractivity contribution in [3.05, 3.63) is 58.1 Å². The maximum Gasteiger partial charge on any atom is 0.271 e. The summed E-state index contributed by atoms with van der Waals surface area (Å²) < 4.78 is 5.82. The molecule has 9 heteroatoms. The first kappa shape index (κ1) is 21.5. The maximum atomic E-state index is 13.1. The van der Waals surface area contributed by atoms with E-state index < -0.39 is 29.7 Å². The van der Waals surface area contributed by atoms with Crippen LogP contribution in [-0.2, 0) is 14.4 Å². The molecule has 0 bridgehead atoms. The number of carbonyl (C=O) groups is 4. The zero-order chi connectivity index (χ0) is 22.0. The Morgan fingerprint density at radius 3 is 2.53 bits per heavy atom. The third kappa shape index (κ3) is 4.06. The third-order valence-corrected chi connectivity index (χ3v) is 5.38. The molecule has 0 aliphatic carbocycles. The topological polar surface area (TPSA) is 96.0 Å². The number of nitrogens with zero attached hydrogens (tertiary/aromatic N) is 2. The van der Waals surface area contributed by atoms with Crippen LogP contribution >= 0.6 is 15.9 Å². The molecule has 0 radical (unpaired) electrons. The summed E-state index contributed by atoms with van der Waals surface area (Å²) in [6.45, 7) is 3.04. The zero-order valence-corrected chi connectivity index (χ0v) is 18.2. The molecule has 1 aliphatic rings. The second-order valence-electron chi connectivity index (χ2n) is 6.77. The van der Waals surface area contributed by atoms with Gasteiger partial charge in [0.15, 0.2) is 0 Å². The van der Waals surface area contributed by atoms with Crippen LogP contribution in [0.2, 0.25) is 0 Å². The second kappa shape index (κ2) is 8.66. The molecule has 8 nitrogen and oxygen atoms in total. The molecule has 1 atom stereocenters. The number of methoxy groups -OCH3 is 1. The van der Waals surface area contributed by atoms with Gasteiger partial charge in [0.2, 0.25) is 11.8 Å². The molecular formula is C21H20BrN3O5. The van der Waals surface area contributed by atoms with Crippen LogP contribution in [0.1, 0.15) is 29.3 Å². The monoisotopic (exact) mass is 473 g/mol. The molecule has 3 rings (SSSR count). The van der Waals surface area contributed by atoms with Crippen molar-refractivity contribution in [2.45, 2.75) is 26.3 Å². The quantitative estimate of drug-likeness (QED) is 0.543. The number of hydrazine groups is 1. The van der Waals surface area contributed by atoms with Crippen molar-refractivity contribution in [2.75, 3.05) is 12.0 Å². The molecule has 30 heavy (non-hydrogen) atoms. The van der Waals surface area contributed by atoms with E-state index in [4.69, 9.17) is 4.74 Å². The van der Waals surface area contributed by atoms with Crippen molar-refractivity contribution in [3.8, 4) is 5.75 Å². The molecule has 4 amide bonds. The van der Waals surface area contributed by atoms with Crippen LogP contribution < -0.4 is 15.1 Å². The van der Waals surface area contributed by atoms with Gasteiger partial charge in [-0.1, -0.05) is 18.2 Å². The van der Waals surface area contributed by atoms with Gasteiger partial charge >= 0.3 is 0 Å². The molecule has 156 valence electrons. The molecule has 1 fully saturated rings. The average Bonchev–Trinajstić information content (AvgIpc) is 2.99. The fourth-order valence-corrected chi connectivity index (χ4v) is 3.70. The number of benzene rings is 2. The minimum Gasteiger partial charge on any atom is -0.495 e. The fraction of sp³-hybridized carbons (Fsp3) is 0.238. The van der Waals surface area contributed by atoms with Crippen LogP contribution in [0.3, 0.4) is 0 Å². The van der Waals surface area contributed by atoms with Crippen molar-refractivity contribution >= 4 is 45.2 Å². The van der Waals surface area contributed by atoms with Crippen LogP contribution in [0.25, 0.3) is 0 Å². The van der Waals surface area contributed by atoms with Gasteiger partial charge < -0.3 is 4.74 Å². The Labute approximate surface area is 181 Å². The summed E-state index contributed by atoms with van der Waals surface area (Å²) in [5, 5.41) is 0.907. The van der Waals surface area contributed by atoms with E-state index in [0.29, 0.717) is 15.9 Å². The van der Waals surface area contributed by atoms with E-state index in [1.165, 1.54) is 14.0 Å². The lowest BCUT2D eigenvalue weighted by Crippen LogP contribution is -2.54. The number of halogens is 1. The molecule has 2 aromatic rings. The highest BCUT2D eigenvalue weighted by atomic mass is 79.9. The van der Waals surface area contributed by atoms with E-state index in [9.17, 15) is 19.2 Å². The Kier molecular flexibility index (Phi) is 6.21. The van der Waals surface area contributed by atoms with E-state index in [1.54, 1.807) is 42.5 Å². The Hall–Kier alpha value is -3.20. The first-order chi connectivity index (χ1) is 14.2.